The summed E-state index contributed by atoms with van der Waals surface area (Å²) in [6.45, 7) is 7.45. The zero-order valence-electron chi connectivity index (χ0n) is 17.3. The van der Waals surface area contributed by atoms with Crippen LogP contribution >= 0.6 is 0 Å². The van der Waals surface area contributed by atoms with Crippen molar-refractivity contribution in [2.45, 2.75) is 44.6 Å². The van der Waals surface area contributed by atoms with E-state index in [1.54, 1.807) is 19.0 Å². The Bertz CT molecular complexity index is 978. The van der Waals surface area contributed by atoms with E-state index >= 15 is 0 Å². The minimum atomic E-state index is -4.22. The van der Waals surface area contributed by atoms with Gasteiger partial charge in [0.2, 0.25) is 5.95 Å². The molecule has 1 aromatic carbocycles. The van der Waals surface area contributed by atoms with E-state index in [2.05, 4.69) is 15.3 Å². The molecule has 158 valence electrons. The van der Waals surface area contributed by atoms with E-state index in [0.717, 1.165) is 0 Å². The lowest BCUT2D eigenvalue weighted by molar-refractivity contribution is 0.256. The molecule has 0 fully saturated rings. The number of amides is 2. The van der Waals surface area contributed by atoms with Crippen molar-refractivity contribution < 1.29 is 17.6 Å². The number of urea groups is 1. The van der Waals surface area contributed by atoms with Crippen LogP contribution < -0.4 is 14.9 Å². The Kier molecular flexibility index (Phi) is 6.78. The van der Waals surface area contributed by atoms with Crippen LogP contribution in [-0.4, -0.2) is 38.5 Å². The third-order valence-corrected chi connectivity index (χ3v) is 5.40. The molecule has 2 amide bonds. The lowest BCUT2D eigenvalue weighted by atomic mass is 9.92. The third kappa shape index (κ3) is 5.41. The number of nitrogens with zero attached hydrogens (tertiary/aromatic N) is 3. The van der Waals surface area contributed by atoms with Gasteiger partial charge in [0.05, 0.1) is 0 Å². The lowest BCUT2D eigenvalue weighted by Gasteiger charge is -2.20. The summed E-state index contributed by atoms with van der Waals surface area (Å²) in [6, 6.07) is 2.92. The molecule has 29 heavy (non-hydrogen) atoms. The van der Waals surface area contributed by atoms with E-state index in [0.29, 0.717) is 16.8 Å². The van der Waals surface area contributed by atoms with Crippen molar-refractivity contribution in [1.29, 1.82) is 0 Å². The van der Waals surface area contributed by atoms with Gasteiger partial charge < -0.3 is 10.2 Å². The normalized spacial score (nSPS) is 11.6. The Balaban J connectivity index is 2.35. The highest BCUT2D eigenvalue weighted by Crippen LogP contribution is 2.33. The maximum absolute atomic E-state index is 14.0. The number of halogens is 1. The highest BCUT2D eigenvalue weighted by molar-refractivity contribution is 7.90. The second-order valence-corrected chi connectivity index (χ2v) is 9.05. The summed E-state index contributed by atoms with van der Waals surface area (Å²) in [5.41, 5.74) is 1.57. The summed E-state index contributed by atoms with van der Waals surface area (Å²) in [6.07, 6.45) is 1.29. The third-order valence-electron chi connectivity index (χ3n) is 4.17. The van der Waals surface area contributed by atoms with E-state index in [4.69, 9.17) is 0 Å². The fraction of sp³-hybridized carbons (Fsp3) is 0.421. The Labute approximate surface area is 170 Å². The average molecular weight is 424 g/mol. The zero-order valence-corrected chi connectivity index (χ0v) is 18.1. The van der Waals surface area contributed by atoms with Gasteiger partial charge in [0.15, 0.2) is 5.03 Å². The molecular formula is C19H26FN5O3S. The molecule has 0 spiro atoms. The first-order valence-corrected chi connectivity index (χ1v) is 10.6. The minimum absolute atomic E-state index is 0.0837. The van der Waals surface area contributed by atoms with E-state index in [1.807, 2.05) is 32.4 Å². The van der Waals surface area contributed by atoms with Crippen LogP contribution in [0.15, 0.2) is 29.4 Å². The predicted octanol–water partition coefficient (Wildman–Crippen LogP) is 3.44. The first kappa shape index (κ1) is 22.5. The molecule has 0 saturated carbocycles. The molecule has 0 unspecified atom stereocenters. The monoisotopic (exact) mass is 423 g/mol. The SMILES string of the molecule is CC(C)c1cc(F)cc(C(C)C)c1NC(=O)NS(=O)(=O)c1ccnc(N(C)C)n1. The summed E-state index contributed by atoms with van der Waals surface area (Å²) < 4.78 is 41.1. The van der Waals surface area contributed by atoms with Gasteiger partial charge in [-0.3, -0.25) is 0 Å². The van der Waals surface area contributed by atoms with Crippen LogP contribution in [0.3, 0.4) is 0 Å². The summed E-state index contributed by atoms with van der Waals surface area (Å²) in [7, 11) is -0.888. The topological polar surface area (TPSA) is 104 Å². The van der Waals surface area contributed by atoms with Crippen LogP contribution in [0, 0.1) is 5.82 Å². The standard InChI is InChI=1S/C19H26FN5O3S/c1-11(2)14-9-13(20)10-15(12(3)4)17(14)23-19(26)24-29(27,28)16-7-8-21-18(22-16)25(5)6/h7-12H,1-6H3,(H2,23,24,26). The number of anilines is 2. The van der Waals surface area contributed by atoms with Crippen LogP contribution in [0.4, 0.5) is 20.8 Å². The van der Waals surface area contributed by atoms with Crippen LogP contribution in [0.5, 0.6) is 0 Å². The molecule has 8 nitrogen and oxygen atoms in total. The molecule has 0 aliphatic heterocycles. The van der Waals surface area contributed by atoms with Crippen molar-refractivity contribution in [1.82, 2.24) is 14.7 Å². The molecule has 2 N–H and O–H groups in total. The number of sulfonamides is 1. The van der Waals surface area contributed by atoms with Crippen molar-refractivity contribution in [3.05, 3.63) is 41.3 Å². The van der Waals surface area contributed by atoms with E-state index in [9.17, 15) is 17.6 Å². The largest absolute Gasteiger partial charge is 0.347 e. The molecule has 0 aliphatic carbocycles. The number of hydrogen-bond acceptors (Lipinski definition) is 6. The minimum Gasteiger partial charge on any atom is -0.347 e. The number of carbonyl (C=O) groups excluding carboxylic acids is 1. The van der Waals surface area contributed by atoms with Gasteiger partial charge in [-0.2, -0.15) is 13.4 Å². The quantitative estimate of drug-likeness (QED) is 0.690. The number of aromatic nitrogens is 2. The highest BCUT2D eigenvalue weighted by atomic mass is 32.2. The first-order chi connectivity index (χ1) is 13.4. The summed E-state index contributed by atoms with van der Waals surface area (Å²) >= 11 is 0. The fourth-order valence-electron chi connectivity index (χ4n) is 2.72. The molecule has 1 aromatic heterocycles. The van der Waals surface area contributed by atoms with Crippen molar-refractivity contribution in [3.8, 4) is 0 Å². The van der Waals surface area contributed by atoms with E-state index in [1.165, 1.54) is 24.4 Å². The predicted molar refractivity (Wildman–Crippen MR) is 110 cm³/mol. The maximum Gasteiger partial charge on any atom is 0.333 e. The molecule has 2 aromatic rings. The second-order valence-electron chi connectivity index (χ2n) is 7.42. The van der Waals surface area contributed by atoms with Gasteiger partial charge in [-0.25, -0.2) is 18.9 Å². The van der Waals surface area contributed by atoms with Crippen molar-refractivity contribution in [3.63, 3.8) is 0 Å². The number of rotatable bonds is 6. The highest BCUT2D eigenvalue weighted by Gasteiger charge is 2.23. The molecule has 0 bridgehead atoms. The first-order valence-electron chi connectivity index (χ1n) is 9.10. The molecule has 2 rings (SSSR count). The molecule has 1 heterocycles. The van der Waals surface area contributed by atoms with E-state index < -0.39 is 21.9 Å². The Morgan fingerprint density at radius 1 is 1.10 bits per heavy atom. The Hall–Kier alpha value is -2.75. The molecule has 0 saturated heterocycles. The number of benzene rings is 1. The molecule has 0 aliphatic rings. The maximum atomic E-state index is 14.0. The summed E-state index contributed by atoms with van der Waals surface area (Å²) in [5.74, 6) is -0.386. The molecule has 0 radical (unpaired) electrons. The van der Waals surface area contributed by atoms with Gasteiger partial charge in [-0.05, 0) is 41.2 Å². The van der Waals surface area contributed by atoms with Crippen LogP contribution in [0.2, 0.25) is 0 Å². The smallest absolute Gasteiger partial charge is 0.333 e. The zero-order chi connectivity index (χ0) is 21.9. The lowest BCUT2D eigenvalue weighted by Crippen LogP contribution is -2.35. The summed E-state index contributed by atoms with van der Waals surface area (Å²) in [5, 5.41) is 2.25. The van der Waals surface area contributed by atoms with Crippen molar-refractivity contribution >= 4 is 27.7 Å². The van der Waals surface area contributed by atoms with Gasteiger partial charge in [0.25, 0.3) is 10.0 Å². The van der Waals surface area contributed by atoms with Crippen molar-refractivity contribution in [2.75, 3.05) is 24.3 Å². The van der Waals surface area contributed by atoms with Gasteiger partial charge in [0.1, 0.15) is 5.82 Å². The molecular weight excluding hydrogens is 397 g/mol. The van der Waals surface area contributed by atoms with Gasteiger partial charge >= 0.3 is 6.03 Å². The number of carbonyl (C=O) groups is 1. The van der Waals surface area contributed by atoms with Gasteiger partial charge in [0, 0.05) is 26.0 Å². The second kappa shape index (κ2) is 8.73. The molecule has 10 heteroatoms. The molecule has 0 atom stereocenters. The van der Waals surface area contributed by atoms with Crippen molar-refractivity contribution in [2.24, 2.45) is 0 Å². The van der Waals surface area contributed by atoms with Gasteiger partial charge in [-0.1, -0.05) is 27.7 Å². The van der Waals surface area contributed by atoms with Crippen LogP contribution in [-0.2, 0) is 10.0 Å². The van der Waals surface area contributed by atoms with Crippen LogP contribution in [0.25, 0.3) is 0 Å². The number of nitrogens with one attached hydrogen (secondary N) is 2. The average Bonchev–Trinajstić information content (AvgIpc) is 2.62. The fourth-order valence-corrected chi connectivity index (χ4v) is 3.56. The summed E-state index contributed by atoms with van der Waals surface area (Å²) in [4.78, 5) is 21.9. The van der Waals surface area contributed by atoms with Crippen LogP contribution in [0.1, 0.15) is 50.7 Å². The van der Waals surface area contributed by atoms with E-state index in [-0.39, 0.29) is 22.8 Å². The number of hydrogen-bond donors (Lipinski definition) is 2. The Morgan fingerprint density at radius 2 is 1.66 bits per heavy atom. The Morgan fingerprint density at radius 3 is 2.14 bits per heavy atom. The van der Waals surface area contributed by atoms with Gasteiger partial charge in [-0.15, -0.1) is 0 Å².